The normalized spacial score (nSPS) is 8.12. The molecule has 0 saturated heterocycles. The lowest BCUT2D eigenvalue weighted by molar-refractivity contribution is 0.414. The quantitative estimate of drug-likeness (QED) is 0.760. The molecule has 0 radical (unpaired) electrons. The van der Waals surface area contributed by atoms with Gasteiger partial charge < -0.3 is 9.47 Å². The highest BCUT2D eigenvalue weighted by Gasteiger charge is 1.80. The first-order chi connectivity index (χ1) is 7.86. The summed E-state index contributed by atoms with van der Waals surface area (Å²) in [6, 6.07) is 19.4. The van der Waals surface area contributed by atoms with Crippen LogP contribution in [0.15, 0.2) is 60.7 Å². The van der Waals surface area contributed by atoms with E-state index in [1.54, 1.807) is 14.2 Å². The minimum atomic E-state index is 0. The molecule has 17 heavy (non-hydrogen) atoms. The molecule has 3 heteroatoms. The Morgan fingerprint density at radius 3 is 1.06 bits per heavy atom. The van der Waals surface area contributed by atoms with Crippen molar-refractivity contribution in [2.45, 2.75) is 0 Å². The standard InChI is InChI=1S/2C7H8O.H3P/c2*1-8-7-5-3-2-4-6-7;/h2*2-6H,1H3;1H3. The first kappa shape index (κ1) is 15.5. The Labute approximate surface area is 106 Å². The highest BCUT2D eigenvalue weighted by atomic mass is 31.0. The van der Waals surface area contributed by atoms with Crippen LogP contribution < -0.4 is 9.47 Å². The van der Waals surface area contributed by atoms with Crippen LogP contribution in [-0.4, -0.2) is 14.2 Å². The van der Waals surface area contributed by atoms with Crippen LogP contribution in [0.3, 0.4) is 0 Å². The van der Waals surface area contributed by atoms with E-state index in [1.165, 1.54) is 0 Å². The van der Waals surface area contributed by atoms with Crippen LogP contribution in [0, 0.1) is 0 Å². The van der Waals surface area contributed by atoms with Gasteiger partial charge in [0.15, 0.2) is 0 Å². The molecule has 2 rings (SSSR count). The summed E-state index contributed by atoms with van der Waals surface area (Å²) >= 11 is 0. The molecule has 2 aromatic carbocycles. The molecule has 2 aromatic rings. The number of hydrogen-bond donors (Lipinski definition) is 0. The fourth-order valence-corrected chi connectivity index (χ4v) is 1.11. The van der Waals surface area contributed by atoms with Crippen molar-refractivity contribution >= 4 is 9.90 Å². The molecule has 0 aliphatic carbocycles. The zero-order valence-electron chi connectivity index (χ0n) is 10.3. The third-order valence-corrected chi connectivity index (χ3v) is 1.96. The summed E-state index contributed by atoms with van der Waals surface area (Å²) in [7, 11) is 3.32. The third kappa shape index (κ3) is 6.60. The first-order valence-corrected chi connectivity index (χ1v) is 5.05. The van der Waals surface area contributed by atoms with Gasteiger partial charge in [-0.1, -0.05) is 36.4 Å². The van der Waals surface area contributed by atoms with E-state index >= 15 is 0 Å². The van der Waals surface area contributed by atoms with Gasteiger partial charge in [-0.2, -0.15) is 9.90 Å². The van der Waals surface area contributed by atoms with E-state index in [4.69, 9.17) is 9.47 Å². The highest BCUT2D eigenvalue weighted by molar-refractivity contribution is 6.92. The van der Waals surface area contributed by atoms with E-state index in [-0.39, 0.29) is 9.90 Å². The van der Waals surface area contributed by atoms with E-state index in [9.17, 15) is 0 Å². The van der Waals surface area contributed by atoms with Gasteiger partial charge in [0.25, 0.3) is 0 Å². The van der Waals surface area contributed by atoms with Crippen molar-refractivity contribution in [2.24, 2.45) is 0 Å². The van der Waals surface area contributed by atoms with E-state index in [0.29, 0.717) is 0 Å². The average molecular weight is 250 g/mol. The smallest absolute Gasteiger partial charge is 0.118 e. The molecule has 0 amide bonds. The summed E-state index contributed by atoms with van der Waals surface area (Å²) < 4.78 is 9.83. The van der Waals surface area contributed by atoms with Crippen molar-refractivity contribution in [1.82, 2.24) is 0 Å². The van der Waals surface area contributed by atoms with E-state index in [1.807, 2.05) is 60.7 Å². The van der Waals surface area contributed by atoms with Crippen LogP contribution in [0.4, 0.5) is 0 Å². The summed E-state index contributed by atoms with van der Waals surface area (Å²) in [6.45, 7) is 0. The van der Waals surface area contributed by atoms with Gasteiger partial charge in [-0.25, -0.2) is 0 Å². The number of rotatable bonds is 2. The zero-order chi connectivity index (χ0) is 11.6. The van der Waals surface area contributed by atoms with Gasteiger partial charge >= 0.3 is 0 Å². The molecule has 0 aliphatic rings. The summed E-state index contributed by atoms with van der Waals surface area (Å²) in [6.07, 6.45) is 0. The Morgan fingerprint density at radius 1 is 0.588 bits per heavy atom. The number of methoxy groups -OCH3 is 2. The first-order valence-electron chi connectivity index (χ1n) is 5.05. The van der Waals surface area contributed by atoms with Gasteiger partial charge in [-0.3, -0.25) is 0 Å². The van der Waals surface area contributed by atoms with Crippen molar-refractivity contribution in [1.29, 1.82) is 0 Å². The predicted octanol–water partition coefficient (Wildman–Crippen LogP) is 3.45. The van der Waals surface area contributed by atoms with E-state index in [0.717, 1.165) is 11.5 Å². The molecule has 1 atom stereocenters. The van der Waals surface area contributed by atoms with Crippen LogP contribution >= 0.6 is 9.90 Å². The lowest BCUT2D eigenvalue weighted by Crippen LogP contribution is -1.78. The molecule has 0 aliphatic heterocycles. The summed E-state index contributed by atoms with van der Waals surface area (Å²) in [5.74, 6) is 1.82. The Balaban J connectivity index is 0.000000284. The molecule has 0 bridgehead atoms. The van der Waals surface area contributed by atoms with Crippen molar-refractivity contribution in [3.8, 4) is 11.5 Å². The molecule has 0 heterocycles. The fourth-order valence-electron chi connectivity index (χ4n) is 1.11. The van der Waals surface area contributed by atoms with Crippen molar-refractivity contribution < 1.29 is 9.47 Å². The molecule has 0 fully saturated rings. The number of hydrogen-bond acceptors (Lipinski definition) is 2. The third-order valence-electron chi connectivity index (χ3n) is 1.96. The monoisotopic (exact) mass is 250 g/mol. The fraction of sp³-hybridized carbons (Fsp3) is 0.143. The molecule has 0 N–H and O–H groups in total. The summed E-state index contributed by atoms with van der Waals surface area (Å²) in [5, 5.41) is 0. The van der Waals surface area contributed by atoms with Crippen molar-refractivity contribution in [3.63, 3.8) is 0 Å². The molecule has 0 aromatic heterocycles. The maximum atomic E-state index is 4.91. The predicted molar refractivity (Wildman–Crippen MR) is 77.1 cm³/mol. The maximum Gasteiger partial charge on any atom is 0.118 e. The van der Waals surface area contributed by atoms with Gasteiger partial charge in [0.2, 0.25) is 0 Å². The van der Waals surface area contributed by atoms with Crippen LogP contribution in [-0.2, 0) is 0 Å². The largest absolute Gasteiger partial charge is 0.497 e. The van der Waals surface area contributed by atoms with Gasteiger partial charge in [0, 0.05) is 0 Å². The lowest BCUT2D eigenvalue weighted by atomic mass is 10.3. The van der Waals surface area contributed by atoms with Gasteiger partial charge in [-0.05, 0) is 24.3 Å². The topological polar surface area (TPSA) is 18.5 Å². The molecule has 2 nitrogen and oxygen atoms in total. The van der Waals surface area contributed by atoms with Crippen LogP contribution in [0.25, 0.3) is 0 Å². The Kier molecular flexibility index (Phi) is 8.81. The summed E-state index contributed by atoms with van der Waals surface area (Å²) in [5.41, 5.74) is 0. The second-order valence-corrected chi connectivity index (χ2v) is 3.03. The second-order valence-electron chi connectivity index (χ2n) is 3.03. The maximum absolute atomic E-state index is 4.91. The number of benzene rings is 2. The molecule has 92 valence electrons. The van der Waals surface area contributed by atoms with Gasteiger partial charge in [0.05, 0.1) is 14.2 Å². The van der Waals surface area contributed by atoms with E-state index in [2.05, 4.69) is 0 Å². The molecule has 0 saturated carbocycles. The van der Waals surface area contributed by atoms with Crippen LogP contribution in [0.5, 0.6) is 11.5 Å². The number of para-hydroxylation sites is 2. The van der Waals surface area contributed by atoms with Crippen molar-refractivity contribution in [2.75, 3.05) is 14.2 Å². The lowest BCUT2D eigenvalue weighted by Gasteiger charge is -1.93. The molecule has 1 unspecified atom stereocenters. The van der Waals surface area contributed by atoms with E-state index < -0.39 is 0 Å². The Morgan fingerprint density at radius 2 is 0.882 bits per heavy atom. The molecular weight excluding hydrogens is 231 g/mol. The average Bonchev–Trinajstić information content (AvgIpc) is 2.41. The minimum Gasteiger partial charge on any atom is -0.497 e. The summed E-state index contributed by atoms with van der Waals surface area (Å²) in [4.78, 5) is 0. The van der Waals surface area contributed by atoms with Crippen LogP contribution in [0.2, 0.25) is 0 Å². The minimum absolute atomic E-state index is 0. The Bertz CT molecular complexity index is 336. The highest BCUT2D eigenvalue weighted by Crippen LogP contribution is 2.06. The van der Waals surface area contributed by atoms with Gasteiger partial charge in [0.1, 0.15) is 11.5 Å². The van der Waals surface area contributed by atoms with Crippen LogP contribution in [0.1, 0.15) is 0 Å². The molecular formula is C14H19O2P. The SMILES string of the molecule is COc1ccccc1.COc1ccccc1.P. The van der Waals surface area contributed by atoms with Crippen molar-refractivity contribution in [3.05, 3.63) is 60.7 Å². The molecule has 0 spiro atoms. The second kappa shape index (κ2) is 9.68. The Hall–Kier alpha value is -1.53. The number of ether oxygens (including phenoxy) is 2. The van der Waals surface area contributed by atoms with Gasteiger partial charge in [-0.15, -0.1) is 0 Å². The zero-order valence-corrected chi connectivity index (χ0v) is 11.7.